The molecule has 2 heterocycles. The minimum atomic E-state index is -1.03. The molecule has 42 heavy (non-hydrogen) atoms. The predicted molar refractivity (Wildman–Crippen MR) is 158 cm³/mol. The van der Waals surface area contributed by atoms with Gasteiger partial charge in [0.05, 0.1) is 6.04 Å². The van der Waals surface area contributed by atoms with E-state index in [9.17, 15) is 19.2 Å². The summed E-state index contributed by atoms with van der Waals surface area (Å²) < 4.78 is 6.00. The number of anilines is 1. The maximum absolute atomic E-state index is 14.3. The van der Waals surface area contributed by atoms with Crippen LogP contribution in [-0.2, 0) is 14.3 Å². The molecule has 2 aromatic rings. The van der Waals surface area contributed by atoms with Crippen LogP contribution < -0.4 is 16.2 Å². The summed E-state index contributed by atoms with van der Waals surface area (Å²) in [7, 11) is 0. The number of allylic oxidation sites excluding steroid dienone is 1. The molecule has 0 bridgehead atoms. The Morgan fingerprint density at radius 1 is 1.17 bits per heavy atom. The minimum Gasteiger partial charge on any atom is -0.468 e. The molecule has 4 amide bonds. The Morgan fingerprint density at radius 3 is 2.45 bits per heavy atom. The number of amides is 4. The second kappa shape index (κ2) is 12.6. The second-order valence-electron chi connectivity index (χ2n) is 11.6. The first kappa shape index (κ1) is 29.7. The number of nitrogens with two attached hydrogens (primary N) is 1. The molecule has 2 fully saturated rings. The van der Waals surface area contributed by atoms with Crippen LogP contribution >= 0.6 is 11.3 Å². The van der Waals surface area contributed by atoms with Gasteiger partial charge in [-0.05, 0) is 44.4 Å². The SMILES string of the molecule is CC1=C(C(=O)N(C(=O)c2csc(N(CC(C)C)C3CCC3)n2)[C@H](C=O)CC2CC2)N(C(=O)NN)C(c2ccccc2)O1. The van der Waals surface area contributed by atoms with Gasteiger partial charge in [-0.15, -0.1) is 11.3 Å². The molecule has 0 spiro atoms. The molecule has 0 saturated heterocycles. The van der Waals surface area contributed by atoms with Gasteiger partial charge in [-0.3, -0.25) is 19.9 Å². The fraction of sp³-hybridized carbons (Fsp3) is 0.500. The highest BCUT2D eigenvalue weighted by Crippen LogP contribution is 2.40. The number of ether oxygens (including phenoxy) is 1. The fourth-order valence-corrected chi connectivity index (χ4v) is 6.33. The average molecular weight is 595 g/mol. The summed E-state index contributed by atoms with van der Waals surface area (Å²) in [6.45, 7) is 6.64. The van der Waals surface area contributed by atoms with Crippen molar-refractivity contribution in [2.75, 3.05) is 11.4 Å². The summed E-state index contributed by atoms with van der Waals surface area (Å²) in [5.41, 5.74) is 2.62. The molecule has 12 heteroatoms. The zero-order chi connectivity index (χ0) is 30.0. The molecule has 11 nitrogen and oxygen atoms in total. The first-order valence-corrected chi connectivity index (χ1v) is 15.4. The number of carbonyl (C=O) groups is 4. The van der Waals surface area contributed by atoms with Crippen LogP contribution in [0.3, 0.4) is 0 Å². The van der Waals surface area contributed by atoms with E-state index in [1.54, 1.807) is 36.6 Å². The number of imide groups is 1. The van der Waals surface area contributed by atoms with Crippen LogP contribution in [0.5, 0.6) is 0 Å². The first-order chi connectivity index (χ1) is 20.2. The number of thiazole rings is 1. The van der Waals surface area contributed by atoms with Crippen molar-refractivity contribution in [3.05, 3.63) is 58.4 Å². The molecule has 0 radical (unpaired) electrons. The molecule has 1 unspecified atom stereocenters. The Bertz CT molecular complexity index is 1350. The topological polar surface area (TPSA) is 138 Å². The van der Waals surface area contributed by atoms with E-state index in [-0.39, 0.29) is 23.1 Å². The van der Waals surface area contributed by atoms with E-state index in [4.69, 9.17) is 10.6 Å². The fourth-order valence-electron chi connectivity index (χ4n) is 5.45. The van der Waals surface area contributed by atoms with Crippen molar-refractivity contribution >= 4 is 40.6 Å². The van der Waals surface area contributed by atoms with Crippen LogP contribution in [0.4, 0.5) is 9.93 Å². The van der Waals surface area contributed by atoms with E-state index < -0.39 is 30.1 Å². The third kappa shape index (κ3) is 6.05. The molecular formula is C30H38N6O5S. The van der Waals surface area contributed by atoms with Crippen LogP contribution in [0.15, 0.2) is 47.2 Å². The summed E-state index contributed by atoms with van der Waals surface area (Å²) in [6, 6.07) is 7.46. The number of nitrogens with one attached hydrogen (secondary N) is 1. The predicted octanol–water partition coefficient (Wildman–Crippen LogP) is 4.34. The summed E-state index contributed by atoms with van der Waals surface area (Å²) in [5, 5.41) is 2.37. The van der Waals surface area contributed by atoms with E-state index in [0.29, 0.717) is 30.2 Å². The molecule has 2 aliphatic carbocycles. The summed E-state index contributed by atoms with van der Waals surface area (Å²) >= 11 is 1.36. The summed E-state index contributed by atoms with van der Waals surface area (Å²) in [6.07, 6.45) is 5.15. The summed E-state index contributed by atoms with van der Waals surface area (Å²) in [5.74, 6) is 4.79. The second-order valence-corrected chi connectivity index (χ2v) is 12.5. The minimum absolute atomic E-state index is 0.0886. The van der Waals surface area contributed by atoms with Crippen molar-refractivity contribution in [2.45, 2.75) is 77.6 Å². The normalized spacial score (nSPS) is 19.3. The molecule has 2 saturated carbocycles. The number of carbonyl (C=O) groups excluding carboxylic acids is 4. The lowest BCUT2D eigenvalue weighted by Crippen LogP contribution is -2.51. The molecule has 3 N–H and O–H groups in total. The lowest BCUT2D eigenvalue weighted by Gasteiger charge is -2.38. The van der Waals surface area contributed by atoms with E-state index >= 15 is 0 Å². The van der Waals surface area contributed by atoms with Gasteiger partial charge < -0.3 is 14.4 Å². The molecule has 3 aliphatic rings. The monoisotopic (exact) mass is 594 g/mol. The molecule has 1 aliphatic heterocycles. The third-order valence-electron chi connectivity index (χ3n) is 7.96. The number of rotatable bonds is 11. The van der Waals surface area contributed by atoms with Gasteiger partial charge in [-0.1, -0.05) is 57.0 Å². The number of urea groups is 1. The van der Waals surface area contributed by atoms with E-state index in [2.05, 4.69) is 29.2 Å². The van der Waals surface area contributed by atoms with Crippen molar-refractivity contribution in [2.24, 2.45) is 17.7 Å². The van der Waals surface area contributed by atoms with Crippen molar-refractivity contribution < 1.29 is 23.9 Å². The van der Waals surface area contributed by atoms with E-state index in [0.717, 1.165) is 53.6 Å². The summed E-state index contributed by atoms with van der Waals surface area (Å²) in [4.78, 5) is 62.9. The van der Waals surface area contributed by atoms with Crippen molar-refractivity contribution in [3.63, 3.8) is 0 Å². The van der Waals surface area contributed by atoms with Gasteiger partial charge in [0.15, 0.2) is 10.8 Å². The van der Waals surface area contributed by atoms with Crippen molar-refractivity contribution in [3.8, 4) is 0 Å². The molecule has 5 rings (SSSR count). The number of hydrogen-bond donors (Lipinski definition) is 2. The maximum atomic E-state index is 14.3. The van der Waals surface area contributed by atoms with Crippen LogP contribution in [0.2, 0.25) is 0 Å². The molecular weight excluding hydrogens is 556 g/mol. The highest BCUT2D eigenvalue weighted by molar-refractivity contribution is 7.14. The number of hydrazine groups is 1. The van der Waals surface area contributed by atoms with Gasteiger partial charge in [0, 0.05) is 23.5 Å². The number of nitrogens with zero attached hydrogens (tertiary/aromatic N) is 4. The molecule has 224 valence electrons. The van der Waals surface area contributed by atoms with Crippen LogP contribution in [0.1, 0.15) is 81.6 Å². The smallest absolute Gasteiger partial charge is 0.339 e. The zero-order valence-corrected chi connectivity index (χ0v) is 25.0. The Kier molecular flexibility index (Phi) is 8.93. The van der Waals surface area contributed by atoms with Gasteiger partial charge in [-0.2, -0.15) is 0 Å². The Balaban J connectivity index is 1.50. The first-order valence-electron chi connectivity index (χ1n) is 14.5. The van der Waals surface area contributed by atoms with E-state index in [1.165, 1.54) is 11.3 Å². The Hall–Kier alpha value is -3.77. The number of benzene rings is 1. The van der Waals surface area contributed by atoms with E-state index in [1.807, 2.05) is 6.07 Å². The number of hydrogen-bond acceptors (Lipinski definition) is 9. The van der Waals surface area contributed by atoms with Crippen LogP contribution in [0.25, 0.3) is 0 Å². The van der Waals surface area contributed by atoms with Crippen molar-refractivity contribution in [1.29, 1.82) is 0 Å². The number of aldehydes is 1. The van der Waals surface area contributed by atoms with Gasteiger partial charge >= 0.3 is 6.03 Å². The molecule has 1 aromatic carbocycles. The van der Waals surface area contributed by atoms with Gasteiger partial charge in [-0.25, -0.2) is 20.5 Å². The Morgan fingerprint density at radius 2 is 1.88 bits per heavy atom. The van der Waals surface area contributed by atoms with Gasteiger partial charge in [0.25, 0.3) is 11.8 Å². The lowest BCUT2D eigenvalue weighted by molar-refractivity contribution is -0.131. The zero-order valence-electron chi connectivity index (χ0n) is 24.2. The van der Waals surface area contributed by atoms with Crippen LogP contribution in [-0.4, -0.2) is 57.5 Å². The quantitative estimate of drug-likeness (QED) is 0.129. The third-order valence-corrected chi connectivity index (χ3v) is 8.84. The Labute approximate surface area is 249 Å². The standard InChI is InChI=1S/C30H38N6O5S/c1-18(2)15-34(22-10-7-11-22)30-32-24(17-42-30)26(38)35(23(16-37)14-20-12-13-20)27(39)25-19(3)41-28(36(25)29(40)33-31)21-8-5-4-6-9-21/h4-6,8-9,16-18,20,22-23,28H,7,10-15,31H2,1-3H3,(H,33,40)/t23-,28?/m0/s1. The number of aromatic nitrogens is 1. The van der Waals surface area contributed by atoms with Gasteiger partial charge in [0.2, 0.25) is 6.23 Å². The average Bonchev–Trinajstić information content (AvgIpc) is 3.50. The van der Waals surface area contributed by atoms with Gasteiger partial charge in [0.1, 0.15) is 17.7 Å². The highest BCUT2D eigenvalue weighted by atomic mass is 32.1. The van der Waals surface area contributed by atoms with Crippen molar-refractivity contribution in [1.82, 2.24) is 20.2 Å². The maximum Gasteiger partial charge on any atom is 0.339 e. The lowest BCUT2D eigenvalue weighted by atomic mass is 9.91. The molecule has 1 aromatic heterocycles. The van der Waals surface area contributed by atoms with Crippen LogP contribution in [0, 0.1) is 11.8 Å². The largest absolute Gasteiger partial charge is 0.468 e. The molecule has 2 atom stereocenters. The highest BCUT2D eigenvalue weighted by Gasteiger charge is 2.46.